The van der Waals surface area contributed by atoms with Crippen LogP contribution in [0.1, 0.15) is 44.7 Å². The maximum absolute atomic E-state index is 13.7. The van der Waals surface area contributed by atoms with E-state index in [1.165, 1.54) is 6.07 Å². The summed E-state index contributed by atoms with van der Waals surface area (Å²) in [6, 6.07) is 4.69. The van der Waals surface area contributed by atoms with Crippen molar-refractivity contribution >= 4 is 16.7 Å². The van der Waals surface area contributed by atoms with E-state index in [9.17, 15) is 4.39 Å². The minimum absolute atomic E-state index is 0.205. The monoisotopic (exact) mass is 258 g/mol. The van der Waals surface area contributed by atoms with Gasteiger partial charge in [0.05, 0.1) is 11.1 Å². The molecule has 1 aromatic heterocycles. The normalized spacial score (nSPS) is 9.95. The van der Waals surface area contributed by atoms with Gasteiger partial charge in [-0.05, 0) is 29.7 Å². The Hall–Kier alpha value is -2.08. The van der Waals surface area contributed by atoms with E-state index >= 15 is 0 Å². The highest BCUT2D eigenvalue weighted by molar-refractivity contribution is 5.90. The van der Waals surface area contributed by atoms with Crippen molar-refractivity contribution < 1.29 is 4.39 Å². The quantitative estimate of drug-likeness (QED) is 0.782. The average molecular weight is 258 g/mol. The fourth-order valence-electron chi connectivity index (χ4n) is 1.95. The summed E-state index contributed by atoms with van der Waals surface area (Å²) in [6.07, 6.45) is 5.37. The number of nitrogens with two attached hydrogens (primary N) is 1. The lowest BCUT2D eigenvalue weighted by Crippen LogP contribution is -2.00. The van der Waals surface area contributed by atoms with E-state index in [4.69, 9.17) is 12.2 Å². The number of anilines is 1. The van der Waals surface area contributed by atoms with Gasteiger partial charge in [-0.2, -0.15) is 0 Å². The lowest BCUT2D eigenvalue weighted by atomic mass is 9.95. The Morgan fingerprint density at radius 2 is 1.95 bits per heavy atom. The van der Waals surface area contributed by atoms with Crippen molar-refractivity contribution in [3.05, 3.63) is 35.1 Å². The Morgan fingerprint density at radius 1 is 1.32 bits per heavy atom. The minimum Gasteiger partial charge on any atom is -0.384 e. The smallest absolute Gasteiger partial charge is 0.139 e. The highest BCUT2D eigenvalue weighted by Gasteiger charge is 2.13. The second-order valence-electron chi connectivity index (χ2n) is 4.25. The van der Waals surface area contributed by atoms with Gasteiger partial charge < -0.3 is 5.73 Å². The third-order valence-electron chi connectivity index (χ3n) is 2.74. The zero-order valence-corrected chi connectivity index (χ0v) is 11.8. The number of fused-ring (bicyclic) bond motifs is 1. The lowest BCUT2D eigenvalue weighted by molar-refractivity contribution is 0.626. The van der Waals surface area contributed by atoms with Gasteiger partial charge in [-0.3, -0.25) is 0 Å². The largest absolute Gasteiger partial charge is 0.384 e. The van der Waals surface area contributed by atoms with Crippen molar-refractivity contribution in [1.82, 2.24) is 4.98 Å². The highest BCUT2D eigenvalue weighted by atomic mass is 19.1. The van der Waals surface area contributed by atoms with Crippen LogP contribution in [0.3, 0.4) is 0 Å². The van der Waals surface area contributed by atoms with Gasteiger partial charge in [0, 0.05) is 5.39 Å². The zero-order valence-electron chi connectivity index (χ0n) is 11.8. The molecule has 2 aromatic rings. The Kier molecular flexibility index (Phi) is 4.88. The molecule has 0 atom stereocenters. The summed E-state index contributed by atoms with van der Waals surface area (Å²) < 4.78 is 13.7. The van der Waals surface area contributed by atoms with Crippen LogP contribution in [0.4, 0.5) is 10.2 Å². The number of nitrogens with zero attached hydrogens (tertiary/aromatic N) is 1. The van der Waals surface area contributed by atoms with Gasteiger partial charge >= 0.3 is 0 Å². The Labute approximate surface area is 113 Å². The second-order valence-corrected chi connectivity index (χ2v) is 4.25. The molecule has 0 saturated heterocycles. The van der Waals surface area contributed by atoms with Gasteiger partial charge in [0.2, 0.25) is 0 Å². The predicted octanol–water partition coefficient (Wildman–Crippen LogP) is 4.09. The number of hydrogen-bond acceptors (Lipinski definition) is 2. The molecule has 0 aliphatic carbocycles. The molecular formula is C16H19FN2. The molecule has 0 amide bonds. The van der Waals surface area contributed by atoms with E-state index in [0.717, 1.165) is 5.56 Å². The lowest BCUT2D eigenvalue weighted by Gasteiger charge is -2.12. The third kappa shape index (κ3) is 2.85. The maximum Gasteiger partial charge on any atom is 0.139 e. The first-order chi connectivity index (χ1) is 9.04. The molecule has 0 aliphatic heterocycles. The van der Waals surface area contributed by atoms with E-state index in [0.29, 0.717) is 16.7 Å². The van der Waals surface area contributed by atoms with Gasteiger partial charge in [-0.25, -0.2) is 9.37 Å². The molecule has 100 valence electrons. The van der Waals surface area contributed by atoms with E-state index < -0.39 is 5.82 Å². The van der Waals surface area contributed by atoms with Crippen LogP contribution < -0.4 is 5.73 Å². The van der Waals surface area contributed by atoms with Crippen LogP contribution in [-0.2, 0) is 0 Å². The molecule has 2 rings (SSSR count). The topological polar surface area (TPSA) is 38.9 Å². The fraction of sp³-hybridized carbons (Fsp3) is 0.312. The number of benzene rings is 1. The number of pyridine rings is 1. The minimum atomic E-state index is -0.395. The number of terminal acetylenes is 1. The van der Waals surface area contributed by atoms with Crippen molar-refractivity contribution in [2.24, 2.45) is 0 Å². The van der Waals surface area contributed by atoms with Crippen molar-refractivity contribution in [2.75, 3.05) is 5.73 Å². The molecule has 0 aliphatic rings. The van der Waals surface area contributed by atoms with Crippen molar-refractivity contribution in [3.63, 3.8) is 0 Å². The summed E-state index contributed by atoms with van der Waals surface area (Å²) in [5, 5.41) is 0.691. The number of aromatic nitrogens is 1. The number of halogens is 1. The standard InChI is InChI=1S/C14H13FN2.C2H6/c1-4-9-11(15)5-6-12-14(9)10(8(2)3)7-13(16)17-12;1-2/h1,5-8H,2-3H3,(H2,16,17);1-2H3. The predicted molar refractivity (Wildman–Crippen MR) is 79.5 cm³/mol. The summed E-state index contributed by atoms with van der Waals surface area (Å²) in [4.78, 5) is 4.18. The van der Waals surface area contributed by atoms with Crippen LogP contribution in [0, 0.1) is 18.2 Å². The second kappa shape index (κ2) is 6.19. The Balaban J connectivity index is 0.000000861. The molecule has 3 heteroatoms. The van der Waals surface area contributed by atoms with Crippen molar-refractivity contribution in [2.45, 2.75) is 33.6 Å². The molecule has 1 heterocycles. The molecule has 2 nitrogen and oxygen atoms in total. The zero-order chi connectivity index (χ0) is 14.6. The average Bonchev–Trinajstić information content (AvgIpc) is 2.40. The van der Waals surface area contributed by atoms with Crippen LogP contribution in [0.2, 0.25) is 0 Å². The summed E-state index contributed by atoms with van der Waals surface area (Å²) >= 11 is 0. The van der Waals surface area contributed by atoms with E-state index in [2.05, 4.69) is 10.9 Å². The first-order valence-corrected chi connectivity index (χ1v) is 6.39. The molecule has 19 heavy (non-hydrogen) atoms. The fourth-order valence-corrected chi connectivity index (χ4v) is 1.95. The first-order valence-electron chi connectivity index (χ1n) is 6.39. The SMILES string of the molecule is C#Cc1c(F)ccc2nc(N)cc(C(C)C)c12.CC. The summed E-state index contributed by atoms with van der Waals surface area (Å²) in [6.45, 7) is 8.03. The van der Waals surface area contributed by atoms with Crippen LogP contribution >= 0.6 is 0 Å². The van der Waals surface area contributed by atoms with Gasteiger partial charge in [-0.1, -0.05) is 33.6 Å². The summed E-state index contributed by atoms with van der Waals surface area (Å²) in [5.74, 6) is 2.63. The molecule has 0 spiro atoms. The molecule has 0 saturated carbocycles. The molecule has 0 bridgehead atoms. The molecule has 0 unspecified atom stereocenters. The first kappa shape index (κ1) is 15.0. The molecule has 2 N–H and O–H groups in total. The van der Waals surface area contributed by atoms with Crippen LogP contribution in [0.25, 0.3) is 10.9 Å². The number of hydrogen-bond donors (Lipinski definition) is 1. The van der Waals surface area contributed by atoms with Crippen LogP contribution in [-0.4, -0.2) is 4.98 Å². The summed E-state index contributed by atoms with van der Waals surface area (Å²) in [5.41, 5.74) is 7.57. The molecule has 0 fully saturated rings. The maximum atomic E-state index is 13.7. The van der Waals surface area contributed by atoms with Crippen LogP contribution in [0.5, 0.6) is 0 Å². The Morgan fingerprint density at radius 3 is 2.47 bits per heavy atom. The molecular weight excluding hydrogens is 239 g/mol. The van der Waals surface area contributed by atoms with Gasteiger partial charge in [0.1, 0.15) is 11.6 Å². The van der Waals surface area contributed by atoms with E-state index in [-0.39, 0.29) is 11.5 Å². The Bertz CT molecular complexity index is 625. The third-order valence-corrected chi connectivity index (χ3v) is 2.74. The van der Waals surface area contributed by atoms with Gasteiger partial charge in [0.25, 0.3) is 0 Å². The van der Waals surface area contributed by atoms with Crippen LogP contribution in [0.15, 0.2) is 18.2 Å². The van der Waals surface area contributed by atoms with E-state index in [1.807, 2.05) is 27.7 Å². The number of nitrogen functional groups attached to an aromatic ring is 1. The molecule has 1 aromatic carbocycles. The number of rotatable bonds is 1. The van der Waals surface area contributed by atoms with Crippen molar-refractivity contribution in [1.29, 1.82) is 0 Å². The van der Waals surface area contributed by atoms with Gasteiger partial charge in [-0.15, -0.1) is 6.42 Å². The summed E-state index contributed by atoms with van der Waals surface area (Å²) in [7, 11) is 0. The van der Waals surface area contributed by atoms with Gasteiger partial charge in [0.15, 0.2) is 0 Å². The highest BCUT2D eigenvalue weighted by Crippen LogP contribution is 2.29. The van der Waals surface area contributed by atoms with Crippen molar-refractivity contribution in [3.8, 4) is 12.3 Å². The molecule has 0 radical (unpaired) electrons. The van der Waals surface area contributed by atoms with E-state index in [1.54, 1.807) is 12.1 Å².